The van der Waals surface area contributed by atoms with E-state index in [2.05, 4.69) is 10.3 Å². The highest BCUT2D eigenvalue weighted by molar-refractivity contribution is 5.95. The van der Waals surface area contributed by atoms with Gasteiger partial charge in [0.1, 0.15) is 23.1 Å². The minimum absolute atomic E-state index is 0.0555. The minimum Gasteiger partial charge on any atom is -0.399 e. The molecule has 150 valence electrons. The first-order chi connectivity index (χ1) is 14.0. The average molecular weight is 393 g/mol. The van der Waals surface area contributed by atoms with Crippen molar-refractivity contribution in [3.63, 3.8) is 0 Å². The summed E-state index contributed by atoms with van der Waals surface area (Å²) in [6, 6.07) is 10.9. The Kier molecular flexibility index (Phi) is 5.16. The molecule has 0 bridgehead atoms. The number of fused-ring (bicyclic) bond motifs is 1. The third-order valence-corrected chi connectivity index (χ3v) is 4.96. The zero-order chi connectivity index (χ0) is 20.4. The van der Waals surface area contributed by atoms with Gasteiger partial charge in [-0.15, -0.1) is 0 Å². The summed E-state index contributed by atoms with van der Waals surface area (Å²) >= 11 is 0. The molecule has 1 aromatic carbocycles. The molecule has 8 nitrogen and oxygen atoms in total. The lowest BCUT2D eigenvalue weighted by Crippen LogP contribution is -2.37. The monoisotopic (exact) mass is 393 g/mol. The van der Waals surface area contributed by atoms with Crippen LogP contribution in [0, 0.1) is 6.92 Å². The first-order valence-corrected chi connectivity index (χ1v) is 9.67. The zero-order valence-corrected chi connectivity index (χ0v) is 16.3. The molecular formula is C21H23N5O3. The van der Waals surface area contributed by atoms with Crippen molar-refractivity contribution in [2.45, 2.75) is 39.2 Å². The summed E-state index contributed by atoms with van der Waals surface area (Å²) in [6.45, 7) is 3.38. The molecule has 0 fully saturated rings. The van der Waals surface area contributed by atoms with Gasteiger partial charge in [-0.05, 0) is 25.5 Å². The molecule has 29 heavy (non-hydrogen) atoms. The fourth-order valence-corrected chi connectivity index (χ4v) is 3.51. The summed E-state index contributed by atoms with van der Waals surface area (Å²) in [5.74, 6) is 1.19. The molecule has 0 unspecified atom stereocenters. The van der Waals surface area contributed by atoms with Crippen molar-refractivity contribution in [1.29, 1.82) is 0 Å². The van der Waals surface area contributed by atoms with E-state index in [1.807, 2.05) is 29.8 Å². The molecule has 3 heterocycles. The SMILES string of the molecule is Cc1cc2n(n1)CCCN2C(=O)CCC(=O)Cc1cc(-c2ccc(N)cc2)no1. The zero-order valence-electron chi connectivity index (χ0n) is 16.3. The van der Waals surface area contributed by atoms with E-state index in [0.717, 1.165) is 30.0 Å². The lowest BCUT2D eigenvalue weighted by Gasteiger charge is -2.27. The minimum atomic E-state index is -0.0562. The molecule has 0 saturated carbocycles. The van der Waals surface area contributed by atoms with Crippen LogP contribution in [0.2, 0.25) is 0 Å². The number of nitrogen functional groups attached to an aromatic ring is 1. The van der Waals surface area contributed by atoms with E-state index in [4.69, 9.17) is 10.3 Å². The number of aryl methyl sites for hydroxylation is 2. The van der Waals surface area contributed by atoms with Crippen LogP contribution in [0.4, 0.5) is 11.5 Å². The van der Waals surface area contributed by atoms with Crippen molar-refractivity contribution in [2.24, 2.45) is 0 Å². The smallest absolute Gasteiger partial charge is 0.228 e. The Hall–Kier alpha value is -3.42. The van der Waals surface area contributed by atoms with E-state index in [1.165, 1.54) is 0 Å². The maximum atomic E-state index is 12.6. The fourth-order valence-electron chi connectivity index (χ4n) is 3.51. The standard InChI is InChI=1S/C21H23N5O3/c1-14-11-20-25(9-2-10-26(20)23-14)21(28)8-7-17(27)12-18-13-19(24-29-18)15-3-5-16(22)6-4-15/h3-6,11,13H,2,7-10,12,22H2,1H3. The second-order valence-electron chi connectivity index (χ2n) is 7.28. The van der Waals surface area contributed by atoms with Gasteiger partial charge in [-0.1, -0.05) is 17.3 Å². The van der Waals surface area contributed by atoms with Crippen LogP contribution in [0.15, 0.2) is 40.9 Å². The second-order valence-corrected chi connectivity index (χ2v) is 7.28. The van der Waals surface area contributed by atoms with E-state index in [-0.39, 0.29) is 31.0 Å². The summed E-state index contributed by atoms with van der Waals surface area (Å²) < 4.78 is 7.14. The van der Waals surface area contributed by atoms with Crippen molar-refractivity contribution < 1.29 is 14.1 Å². The highest BCUT2D eigenvalue weighted by Gasteiger charge is 2.24. The van der Waals surface area contributed by atoms with Crippen molar-refractivity contribution >= 4 is 23.2 Å². The molecule has 0 aliphatic carbocycles. The molecule has 3 aromatic rings. The predicted molar refractivity (Wildman–Crippen MR) is 108 cm³/mol. The molecule has 0 saturated heterocycles. The molecule has 4 rings (SSSR count). The third-order valence-electron chi connectivity index (χ3n) is 4.96. The molecule has 2 N–H and O–H groups in total. The van der Waals surface area contributed by atoms with Gasteiger partial charge >= 0.3 is 0 Å². The van der Waals surface area contributed by atoms with Gasteiger partial charge in [-0.2, -0.15) is 5.10 Å². The maximum absolute atomic E-state index is 12.6. The van der Waals surface area contributed by atoms with E-state index < -0.39 is 0 Å². The van der Waals surface area contributed by atoms with Gasteiger partial charge in [-0.3, -0.25) is 14.5 Å². The molecule has 1 aliphatic heterocycles. The lowest BCUT2D eigenvalue weighted by atomic mass is 10.1. The molecule has 8 heteroatoms. The summed E-state index contributed by atoms with van der Waals surface area (Å²) in [5.41, 5.74) is 8.77. The van der Waals surface area contributed by atoms with Crippen LogP contribution in [0.3, 0.4) is 0 Å². The van der Waals surface area contributed by atoms with E-state index >= 15 is 0 Å². The Labute approximate surface area is 168 Å². The fraction of sp³-hybridized carbons (Fsp3) is 0.333. The van der Waals surface area contributed by atoms with E-state index in [0.29, 0.717) is 23.7 Å². The van der Waals surface area contributed by atoms with Gasteiger partial charge in [0.05, 0.1) is 12.1 Å². The largest absolute Gasteiger partial charge is 0.399 e. The number of anilines is 2. The van der Waals surface area contributed by atoms with Gasteiger partial charge in [-0.25, -0.2) is 4.68 Å². The quantitative estimate of drug-likeness (QED) is 0.645. The van der Waals surface area contributed by atoms with Crippen molar-refractivity contribution in [3.05, 3.63) is 47.9 Å². The van der Waals surface area contributed by atoms with Crippen molar-refractivity contribution in [2.75, 3.05) is 17.2 Å². The van der Waals surface area contributed by atoms with Crippen molar-refractivity contribution in [1.82, 2.24) is 14.9 Å². The predicted octanol–water partition coefficient (Wildman–Crippen LogP) is 2.76. The molecule has 0 radical (unpaired) electrons. The van der Waals surface area contributed by atoms with Gasteiger partial charge in [0.25, 0.3) is 0 Å². The molecule has 2 aromatic heterocycles. The number of aromatic nitrogens is 3. The van der Waals surface area contributed by atoms with Crippen LogP contribution < -0.4 is 10.6 Å². The number of benzene rings is 1. The van der Waals surface area contributed by atoms with Gasteiger partial charge in [0.15, 0.2) is 0 Å². The Morgan fingerprint density at radius 3 is 2.72 bits per heavy atom. The molecular weight excluding hydrogens is 370 g/mol. The normalized spacial score (nSPS) is 13.3. The molecule has 1 aliphatic rings. The summed E-state index contributed by atoms with van der Waals surface area (Å²) in [4.78, 5) is 26.7. The maximum Gasteiger partial charge on any atom is 0.228 e. The van der Waals surface area contributed by atoms with Crippen LogP contribution in [0.1, 0.15) is 30.7 Å². The number of ketones is 1. The summed E-state index contributed by atoms with van der Waals surface area (Å²) in [7, 11) is 0. The number of carbonyl (C=O) groups excluding carboxylic acids is 2. The Balaban J connectivity index is 1.33. The van der Waals surface area contributed by atoms with Gasteiger partial charge in [0.2, 0.25) is 5.91 Å². The molecule has 0 spiro atoms. The van der Waals surface area contributed by atoms with Gasteiger partial charge < -0.3 is 10.3 Å². The van der Waals surface area contributed by atoms with Crippen molar-refractivity contribution in [3.8, 4) is 11.3 Å². The van der Waals surface area contributed by atoms with E-state index in [9.17, 15) is 9.59 Å². The van der Waals surface area contributed by atoms with Crippen LogP contribution in [0.5, 0.6) is 0 Å². The summed E-state index contributed by atoms with van der Waals surface area (Å²) in [6.07, 6.45) is 1.31. The number of carbonyl (C=O) groups is 2. The third kappa shape index (κ3) is 4.21. The number of nitrogens with two attached hydrogens (primary N) is 1. The number of Topliss-reactive ketones (excluding diaryl/α,β-unsaturated/α-hetero) is 1. The number of rotatable bonds is 6. The Bertz CT molecular complexity index is 1040. The number of nitrogens with zero attached hydrogens (tertiary/aromatic N) is 4. The highest BCUT2D eigenvalue weighted by Crippen LogP contribution is 2.23. The summed E-state index contributed by atoms with van der Waals surface area (Å²) in [5, 5.41) is 8.41. The Morgan fingerprint density at radius 2 is 1.93 bits per heavy atom. The van der Waals surface area contributed by atoms with Gasteiger partial charge in [0, 0.05) is 49.3 Å². The lowest BCUT2D eigenvalue weighted by molar-refractivity contribution is -0.124. The second kappa shape index (κ2) is 7.90. The first kappa shape index (κ1) is 18.9. The number of hydrogen-bond acceptors (Lipinski definition) is 6. The first-order valence-electron chi connectivity index (χ1n) is 9.67. The Morgan fingerprint density at radius 1 is 1.14 bits per heavy atom. The average Bonchev–Trinajstić information content (AvgIpc) is 3.32. The van der Waals surface area contributed by atoms with Crippen LogP contribution >= 0.6 is 0 Å². The van der Waals surface area contributed by atoms with E-state index in [1.54, 1.807) is 23.1 Å². The van der Waals surface area contributed by atoms with Crippen LogP contribution in [-0.4, -0.2) is 33.2 Å². The molecule has 0 atom stereocenters. The topological polar surface area (TPSA) is 107 Å². The van der Waals surface area contributed by atoms with Crippen LogP contribution in [0.25, 0.3) is 11.3 Å². The van der Waals surface area contributed by atoms with Crippen LogP contribution in [-0.2, 0) is 22.6 Å². The highest BCUT2D eigenvalue weighted by atomic mass is 16.5. The number of hydrogen-bond donors (Lipinski definition) is 1. The molecule has 1 amide bonds. The number of amides is 1.